The molecule has 2 aliphatic rings. The molecule has 2 N–H and O–H groups in total. The van der Waals surface area contributed by atoms with Gasteiger partial charge in [-0.1, -0.05) is 55.0 Å². The number of hydrogen-bond acceptors (Lipinski definition) is 4. The Balaban J connectivity index is 1.44. The van der Waals surface area contributed by atoms with Gasteiger partial charge >= 0.3 is 12.1 Å². The van der Waals surface area contributed by atoms with Gasteiger partial charge in [-0.05, 0) is 54.9 Å². The van der Waals surface area contributed by atoms with Crippen LogP contribution in [0.25, 0.3) is 11.1 Å². The molecule has 0 heterocycles. The van der Waals surface area contributed by atoms with Crippen LogP contribution in [0.1, 0.15) is 56.6 Å². The number of carbonyl (C=O) groups is 3. The van der Waals surface area contributed by atoms with E-state index in [1.165, 1.54) is 0 Å². The van der Waals surface area contributed by atoms with Crippen molar-refractivity contribution < 1.29 is 24.2 Å². The molecular formula is C27H32N2O5. The molecule has 0 aliphatic heterocycles. The van der Waals surface area contributed by atoms with Gasteiger partial charge in [0, 0.05) is 18.5 Å². The smallest absolute Gasteiger partial charge is 0.407 e. The largest absolute Gasteiger partial charge is 0.481 e. The first-order chi connectivity index (χ1) is 16.4. The van der Waals surface area contributed by atoms with Crippen molar-refractivity contribution in [1.82, 2.24) is 10.2 Å². The molecule has 2 aromatic rings. The molecule has 180 valence electrons. The van der Waals surface area contributed by atoms with Crippen LogP contribution in [-0.4, -0.2) is 53.2 Å². The van der Waals surface area contributed by atoms with Crippen LogP contribution >= 0.6 is 0 Å². The van der Waals surface area contributed by atoms with Crippen LogP contribution in [-0.2, 0) is 14.3 Å². The highest BCUT2D eigenvalue weighted by molar-refractivity contribution is 5.87. The molecule has 0 saturated heterocycles. The van der Waals surface area contributed by atoms with E-state index in [0.717, 1.165) is 41.5 Å². The molecule has 2 aliphatic carbocycles. The molecule has 34 heavy (non-hydrogen) atoms. The van der Waals surface area contributed by atoms with E-state index < -0.39 is 18.1 Å². The van der Waals surface area contributed by atoms with Crippen molar-refractivity contribution >= 4 is 18.0 Å². The lowest BCUT2D eigenvalue weighted by atomic mass is 9.79. The summed E-state index contributed by atoms with van der Waals surface area (Å²) in [5.74, 6) is -1.21. The number of nitrogens with one attached hydrogen (secondary N) is 1. The van der Waals surface area contributed by atoms with Gasteiger partial charge in [0.05, 0.1) is 6.42 Å². The molecule has 1 unspecified atom stereocenters. The van der Waals surface area contributed by atoms with Gasteiger partial charge in [0.25, 0.3) is 0 Å². The summed E-state index contributed by atoms with van der Waals surface area (Å²) in [6.07, 6.45) is 1.97. The molecular weight excluding hydrogens is 432 g/mol. The van der Waals surface area contributed by atoms with Gasteiger partial charge in [-0.25, -0.2) is 4.79 Å². The van der Waals surface area contributed by atoms with Gasteiger partial charge in [0.1, 0.15) is 12.6 Å². The number of hydrogen-bond donors (Lipinski definition) is 2. The van der Waals surface area contributed by atoms with E-state index >= 15 is 0 Å². The second kappa shape index (κ2) is 10.3. The van der Waals surface area contributed by atoms with Gasteiger partial charge in [-0.3, -0.25) is 9.59 Å². The minimum atomic E-state index is -0.955. The zero-order valence-corrected chi connectivity index (χ0v) is 19.7. The van der Waals surface area contributed by atoms with Crippen LogP contribution in [0.15, 0.2) is 48.5 Å². The maximum atomic E-state index is 13.3. The topological polar surface area (TPSA) is 95.9 Å². The van der Waals surface area contributed by atoms with Gasteiger partial charge in [-0.2, -0.15) is 0 Å². The Morgan fingerprint density at radius 2 is 1.62 bits per heavy atom. The summed E-state index contributed by atoms with van der Waals surface area (Å²) >= 11 is 0. The lowest BCUT2D eigenvalue weighted by Gasteiger charge is -2.37. The average Bonchev–Trinajstić information content (AvgIpc) is 3.09. The number of nitrogens with zero attached hydrogens (tertiary/aromatic N) is 1. The number of alkyl carbamates (subject to hydrolysis) is 1. The van der Waals surface area contributed by atoms with Crippen LogP contribution < -0.4 is 5.32 Å². The fraction of sp³-hybridized carbons (Fsp3) is 0.444. The fourth-order valence-electron chi connectivity index (χ4n) is 4.94. The Bertz CT molecular complexity index is 1020. The van der Waals surface area contributed by atoms with Crippen molar-refractivity contribution in [3.63, 3.8) is 0 Å². The highest BCUT2D eigenvalue weighted by Gasteiger charge is 2.38. The third-order valence-electron chi connectivity index (χ3n) is 6.98. The summed E-state index contributed by atoms with van der Waals surface area (Å²) < 4.78 is 5.66. The second-order valence-corrected chi connectivity index (χ2v) is 9.41. The maximum absolute atomic E-state index is 13.3. The van der Waals surface area contributed by atoms with Crippen LogP contribution in [0, 0.1) is 5.92 Å². The highest BCUT2D eigenvalue weighted by Crippen LogP contribution is 2.44. The molecule has 1 atom stereocenters. The quantitative estimate of drug-likeness (QED) is 0.573. The van der Waals surface area contributed by atoms with Crippen molar-refractivity contribution in [3.8, 4) is 11.1 Å². The third-order valence-corrected chi connectivity index (χ3v) is 6.98. The number of carbonyl (C=O) groups excluding carboxylic acids is 2. The van der Waals surface area contributed by atoms with E-state index in [9.17, 15) is 14.4 Å². The highest BCUT2D eigenvalue weighted by atomic mass is 16.5. The summed E-state index contributed by atoms with van der Waals surface area (Å²) in [6.45, 7) is 4.00. The Kier molecular flexibility index (Phi) is 7.20. The molecule has 7 heteroatoms. The Morgan fingerprint density at radius 1 is 1.03 bits per heavy atom. The molecule has 2 aromatic carbocycles. The number of ether oxygens (including phenoxy) is 1. The first kappa shape index (κ1) is 23.8. The number of aliphatic carboxylic acids is 1. The number of carboxylic acids is 1. The average molecular weight is 465 g/mol. The van der Waals surface area contributed by atoms with Crippen molar-refractivity contribution in [3.05, 3.63) is 59.7 Å². The Morgan fingerprint density at radius 3 is 2.12 bits per heavy atom. The van der Waals surface area contributed by atoms with Crippen molar-refractivity contribution in [2.24, 2.45) is 5.92 Å². The van der Waals surface area contributed by atoms with Gasteiger partial charge in [0.15, 0.2) is 0 Å². The molecule has 1 fully saturated rings. The Labute approximate surface area is 200 Å². The maximum Gasteiger partial charge on any atom is 0.407 e. The first-order valence-corrected chi connectivity index (χ1v) is 12.0. The van der Waals surface area contributed by atoms with Crippen molar-refractivity contribution in [2.45, 2.75) is 57.5 Å². The number of amides is 2. The van der Waals surface area contributed by atoms with E-state index in [1.54, 1.807) is 4.90 Å². The lowest BCUT2D eigenvalue weighted by Crippen LogP contribution is -2.55. The van der Waals surface area contributed by atoms with E-state index in [4.69, 9.17) is 9.84 Å². The van der Waals surface area contributed by atoms with E-state index in [2.05, 4.69) is 29.6 Å². The SMILES string of the molecule is CC(C)N(CCC(=O)O)C(=O)C(NC(=O)OCC1c2ccccc2-c2ccccc21)C1CCC1. The second-order valence-electron chi connectivity index (χ2n) is 9.41. The van der Waals surface area contributed by atoms with Crippen LogP contribution in [0.2, 0.25) is 0 Å². The van der Waals surface area contributed by atoms with E-state index in [1.807, 2.05) is 38.1 Å². The monoisotopic (exact) mass is 464 g/mol. The van der Waals surface area contributed by atoms with Crippen molar-refractivity contribution in [2.75, 3.05) is 13.2 Å². The van der Waals surface area contributed by atoms with Crippen LogP contribution in [0.5, 0.6) is 0 Å². The standard InChI is InChI=1S/C27H32N2O5/c1-17(2)29(15-14-24(30)31)26(32)25(18-8-7-9-18)28-27(33)34-16-23-21-12-5-3-10-19(21)20-11-4-6-13-22(20)23/h3-6,10-13,17-18,23,25H,7-9,14-16H2,1-2H3,(H,28,33)(H,30,31). The normalized spacial score (nSPS) is 15.7. The number of rotatable bonds is 9. The molecule has 0 aromatic heterocycles. The van der Waals surface area contributed by atoms with Gasteiger partial charge < -0.3 is 20.1 Å². The third kappa shape index (κ3) is 4.93. The van der Waals surface area contributed by atoms with Crippen LogP contribution in [0.4, 0.5) is 4.79 Å². The number of benzene rings is 2. The lowest BCUT2D eigenvalue weighted by molar-refractivity contribution is -0.140. The summed E-state index contributed by atoms with van der Waals surface area (Å²) in [4.78, 5) is 38.8. The molecule has 1 saturated carbocycles. The number of carboxylic acid groups (broad SMARTS) is 1. The van der Waals surface area contributed by atoms with E-state index in [0.29, 0.717) is 0 Å². The van der Waals surface area contributed by atoms with Gasteiger partial charge in [0.2, 0.25) is 5.91 Å². The zero-order valence-electron chi connectivity index (χ0n) is 19.7. The van der Waals surface area contributed by atoms with Gasteiger partial charge in [-0.15, -0.1) is 0 Å². The molecule has 0 radical (unpaired) electrons. The minimum absolute atomic E-state index is 0.0408. The summed E-state index contributed by atoms with van der Waals surface area (Å²) in [7, 11) is 0. The molecule has 7 nitrogen and oxygen atoms in total. The molecule has 4 rings (SSSR count). The zero-order chi connectivity index (χ0) is 24.2. The fourth-order valence-corrected chi connectivity index (χ4v) is 4.94. The summed E-state index contributed by atoms with van der Waals surface area (Å²) in [5, 5.41) is 11.9. The molecule has 0 bridgehead atoms. The van der Waals surface area contributed by atoms with Crippen LogP contribution in [0.3, 0.4) is 0 Å². The Hall–Kier alpha value is -3.35. The van der Waals surface area contributed by atoms with E-state index in [-0.39, 0.29) is 43.4 Å². The summed E-state index contributed by atoms with van der Waals surface area (Å²) in [5.41, 5.74) is 4.56. The molecule has 2 amide bonds. The van der Waals surface area contributed by atoms with Crippen molar-refractivity contribution in [1.29, 1.82) is 0 Å². The predicted octanol–water partition coefficient (Wildman–Crippen LogP) is 4.41. The summed E-state index contributed by atoms with van der Waals surface area (Å²) in [6, 6.07) is 15.4. The minimum Gasteiger partial charge on any atom is -0.481 e. The molecule has 0 spiro atoms. The first-order valence-electron chi connectivity index (χ1n) is 12.0. The predicted molar refractivity (Wildman–Crippen MR) is 128 cm³/mol. The number of fused-ring (bicyclic) bond motifs is 3.